The Labute approximate surface area is 145 Å². The number of aryl methyl sites for hydroxylation is 1. The molecule has 0 spiro atoms. The summed E-state index contributed by atoms with van der Waals surface area (Å²) in [5.41, 5.74) is 4.84. The Hall–Kier alpha value is -3.09. The molecule has 3 heterocycles. The minimum absolute atomic E-state index is 0.0150. The molecule has 0 saturated heterocycles. The molecule has 1 atom stereocenters. The summed E-state index contributed by atoms with van der Waals surface area (Å²) in [5.74, 6) is 0.563. The molecule has 1 amide bonds. The van der Waals surface area contributed by atoms with Crippen molar-refractivity contribution in [2.75, 3.05) is 6.54 Å². The predicted octanol–water partition coefficient (Wildman–Crippen LogP) is 2.33. The van der Waals surface area contributed by atoms with Gasteiger partial charge in [0.15, 0.2) is 0 Å². The van der Waals surface area contributed by atoms with Crippen LogP contribution in [0.3, 0.4) is 0 Å². The molecule has 1 unspecified atom stereocenters. The maximum atomic E-state index is 13.1. The molecule has 1 aromatic carbocycles. The number of benzene rings is 1. The van der Waals surface area contributed by atoms with Crippen LogP contribution < -0.4 is 0 Å². The predicted molar refractivity (Wildman–Crippen MR) is 91.7 cm³/mol. The number of aromatic nitrogens is 5. The summed E-state index contributed by atoms with van der Waals surface area (Å²) in [5, 5.41) is 14.0. The van der Waals surface area contributed by atoms with Crippen molar-refractivity contribution < 1.29 is 4.79 Å². The van der Waals surface area contributed by atoms with Crippen LogP contribution in [0.4, 0.5) is 0 Å². The second-order valence-corrected chi connectivity index (χ2v) is 6.26. The number of fused-ring (bicyclic) bond motifs is 1. The van der Waals surface area contributed by atoms with Crippen molar-refractivity contribution in [3.8, 4) is 11.4 Å². The number of tetrazole rings is 1. The molecule has 1 aliphatic heterocycles. The van der Waals surface area contributed by atoms with E-state index in [1.54, 1.807) is 0 Å². The van der Waals surface area contributed by atoms with Gasteiger partial charge >= 0.3 is 0 Å². The molecule has 0 saturated carbocycles. The van der Waals surface area contributed by atoms with Gasteiger partial charge in [-0.3, -0.25) is 9.78 Å². The van der Waals surface area contributed by atoms with Gasteiger partial charge < -0.3 is 4.90 Å². The number of nitrogens with one attached hydrogen (secondary N) is 1. The highest BCUT2D eigenvalue weighted by Crippen LogP contribution is 2.30. The summed E-state index contributed by atoms with van der Waals surface area (Å²) in [6, 6.07) is 7.67. The van der Waals surface area contributed by atoms with Crippen molar-refractivity contribution in [3.63, 3.8) is 0 Å². The van der Waals surface area contributed by atoms with Gasteiger partial charge in [0, 0.05) is 30.1 Å². The zero-order valence-electron chi connectivity index (χ0n) is 14.1. The van der Waals surface area contributed by atoms with E-state index in [-0.39, 0.29) is 11.9 Å². The van der Waals surface area contributed by atoms with Crippen molar-refractivity contribution in [2.45, 2.75) is 26.3 Å². The Morgan fingerprint density at radius 3 is 2.96 bits per heavy atom. The fourth-order valence-corrected chi connectivity index (χ4v) is 3.40. The third-order valence-electron chi connectivity index (χ3n) is 4.81. The summed E-state index contributed by atoms with van der Waals surface area (Å²) in [7, 11) is 0. The van der Waals surface area contributed by atoms with Crippen LogP contribution in [-0.2, 0) is 6.42 Å². The average molecular weight is 334 g/mol. The number of hydrogen-bond donors (Lipinski definition) is 1. The van der Waals surface area contributed by atoms with E-state index in [0.717, 1.165) is 23.1 Å². The molecule has 0 fully saturated rings. The van der Waals surface area contributed by atoms with Gasteiger partial charge in [0.05, 0.1) is 6.04 Å². The van der Waals surface area contributed by atoms with Crippen LogP contribution in [0.25, 0.3) is 11.4 Å². The fourth-order valence-electron chi connectivity index (χ4n) is 3.40. The normalized spacial score (nSPS) is 16.6. The average Bonchev–Trinajstić information content (AvgIpc) is 3.16. The third-order valence-corrected chi connectivity index (χ3v) is 4.81. The molecule has 7 nitrogen and oxygen atoms in total. The first-order valence-electron chi connectivity index (χ1n) is 8.23. The van der Waals surface area contributed by atoms with E-state index in [0.29, 0.717) is 17.9 Å². The molecule has 126 valence electrons. The Morgan fingerprint density at radius 2 is 2.20 bits per heavy atom. The molecule has 0 bridgehead atoms. The third kappa shape index (κ3) is 2.67. The molecule has 4 rings (SSSR count). The maximum Gasteiger partial charge on any atom is 0.254 e. The molecule has 1 aliphatic rings. The number of H-pyrrole nitrogens is 1. The standard InChI is InChI=1S/C18H18N6O/c1-11-9-14(17-20-22-23-21-17)3-4-15(11)18(25)24-8-6-13-5-7-19-10-16(13)12(24)2/h3-5,7,9-10,12H,6,8H2,1-2H3,(H,20,21,22,23). The quantitative estimate of drug-likeness (QED) is 0.777. The van der Waals surface area contributed by atoms with E-state index in [1.165, 1.54) is 5.56 Å². The summed E-state index contributed by atoms with van der Waals surface area (Å²) in [6.07, 6.45) is 4.53. The van der Waals surface area contributed by atoms with Gasteiger partial charge in [0.2, 0.25) is 5.82 Å². The van der Waals surface area contributed by atoms with E-state index in [1.807, 2.05) is 48.5 Å². The second kappa shape index (κ2) is 6.08. The second-order valence-electron chi connectivity index (χ2n) is 6.26. The molecule has 0 aliphatic carbocycles. The first kappa shape index (κ1) is 15.4. The summed E-state index contributed by atoms with van der Waals surface area (Å²) in [4.78, 5) is 19.2. The van der Waals surface area contributed by atoms with Crippen LogP contribution in [0.1, 0.15) is 40.0 Å². The van der Waals surface area contributed by atoms with Gasteiger partial charge in [-0.25, -0.2) is 0 Å². The Kier molecular flexibility index (Phi) is 3.76. The zero-order valence-corrected chi connectivity index (χ0v) is 14.1. The highest BCUT2D eigenvalue weighted by Gasteiger charge is 2.29. The van der Waals surface area contributed by atoms with Crippen LogP contribution in [0.5, 0.6) is 0 Å². The van der Waals surface area contributed by atoms with Crippen LogP contribution in [-0.4, -0.2) is 43.0 Å². The van der Waals surface area contributed by atoms with Gasteiger partial charge in [-0.15, -0.1) is 10.2 Å². The monoisotopic (exact) mass is 334 g/mol. The van der Waals surface area contributed by atoms with E-state index < -0.39 is 0 Å². The SMILES string of the molecule is Cc1cc(-c2nn[nH]n2)ccc1C(=O)N1CCc2ccncc2C1C. The molecule has 7 heteroatoms. The van der Waals surface area contributed by atoms with Crippen molar-refractivity contribution in [2.24, 2.45) is 0 Å². The van der Waals surface area contributed by atoms with Gasteiger partial charge in [0.1, 0.15) is 0 Å². The lowest BCUT2D eigenvalue weighted by molar-refractivity contribution is 0.0676. The van der Waals surface area contributed by atoms with Crippen LogP contribution in [0, 0.1) is 6.92 Å². The van der Waals surface area contributed by atoms with Crippen LogP contribution in [0.2, 0.25) is 0 Å². The number of carbonyl (C=O) groups excluding carboxylic acids is 1. The Balaban J connectivity index is 1.63. The van der Waals surface area contributed by atoms with Crippen molar-refractivity contribution in [1.29, 1.82) is 0 Å². The molecular weight excluding hydrogens is 316 g/mol. The van der Waals surface area contributed by atoms with Gasteiger partial charge in [-0.2, -0.15) is 5.21 Å². The molecule has 0 radical (unpaired) electrons. The van der Waals surface area contributed by atoms with Crippen molar-refractivity contribution in [1.82, 2.24) is 30.5 Å². The first-order chi connectivity index (χ1) is 12.1. The van der Waals surface area contributed by atoms with E-state index >= 15 is 0 Å². The van der Waals surface area contributed by atoms with Crippen LogP contribution >= 0.6 is 0 Å². The summed E-state index contributed by atoms with van der Waals surface area (Å²) in [6.45, 7) is 4.70. The van der Waals surface area contributed by atoms with Crippen molar-refractivity contribution >= 4 is 5.91 Å². The van der Waals surface area contributed by atoms with E-state index in [2.05, 4.69) is 32.5 Å². The highest BCUT2D eigenvalue weighted by atomic mass is 16.2. The minimum Gasteiger partial charge on any atom is -0.331 e. The highest BCUT2D eigenvalue weighted by molar-refractivity contribution is 5.96. The van der Waals surface area contributed by atoms with Crippen LogP contribution in [0.15, 0.2) is 36.7 Å². The van der Waals surface area contributed by atoms with Gasteiger partial charge in [-0.1, -0.05) is 6.07 Å². The number of hydrogen-bond acceptors (Lipinski definition) is 5. The zero-order chi connectivity index (χ0) is 17.4. The summed E-state index contributed by atoms with van der Waals surface area (Å²) >= 11 is 0. The largest absolute Gasteiger partial charge is 0.331 e. The van der Waals surface area contributed by atoms with E-state index in [9.17, 15) is 4.79 Å². The first-order valence-corrected chi connectivity index (χ1v) is 8.23. The molecule has 25 heavy (non-hydrogen) atoms. The Bertz CT molecular complexity index is 921. The molecule has 2 aromatic heterocycles. The van der Waals surface area contributed by atoms with Gasteiger partial charge in [-0.05, 0) is 60.4 Å². The lowest BCUT2D eigenvalue weighted by Crippen LogP contribution is -2.39. The molecule has 1 N–H and O–H groups in total. The van der Waals surface area contributed by atoms with Crippen molar-refractivity contribution in [3.05, 3.63) is 58.9 Å². The Morgan fingerprint density at radius 1 is 1.32 bits per heavy atom. The number of aromatic amines is 1. The lowest BCUT2D eigenvalue weighted by atomic mass is 9.94. The topological polar surface area (TPSA) is 87.7 Å². The minimum atomic E-state index is 0.0150. The van der Waals surface area contributed by atoms with E-state index in [4.69, 9.17) is 0 Å². The molecular formula is C18H18N6O. The maximum absolute atomic E-state index is 13.1. The number of rotatable bonds is 2. The fraction of sp³-hybridized carbons (Fsp3) is 0.278. The number of amides is 1. The van der Waals surface area contributed by atoms with Gasteiger partial charge in [0.25, 0.3) is 5.91 Å². The number of carbonyl (C=O) groups is 1. The lowest BCUT2D eigenvalue weighted by Gasteiger charge is -2.35. The smallest absolute Gasteiger partial charge is 0.254 e. The summed E-state index contributed by atoms with van der Waals surface area (Å²) < 4.78 is 0. The number of nitrogens with zero attached hydrogens (tertiary/aromatic N) is 5. The molecule has 3 aromatic rings. The number of pyridine rings is 1.